The largest absolute Gasteiger partial charge is 0.493 e. The predicted molar refractivity (Wildman–Crippen MR) is 80.0 cm³/mol. The molecule has 0 amide bonds. The number of fused-ring (bicyclic) bond motifs is 1. The maximum Gasteiger partial charge on any atom is 0.124 e. The highest BCUT2D eigenvalue weighted by Gasteiger charge is 2.27. The van der Waals surface area contributed by atoms with Gasteiger partial charge < -0.3 is 15.2 Å². The molecule has 1 aromatic rings. The maximum absolute atomic E-state index is 9.94. The van der Waals surface area contributed by atoms with E-state index in [0.29, 0.717) is 12.0 Å². The third-order valence-corrected chi connectivity index (χ3v) is 4.68. The average molecular weight is 275 g/mol. The monoisotopic (exact) mass is 275 g/mol. The first kappa shape index (κ1) is 13.9. The lowest BCUT2D eigenvalue weighted by atomic mass is 9.99. The van der Waals surface area contributed by atoms with Crippen LogP contribution in [-0.2, 0) is 0 Å². The molecule has 1 aromatic carbocycles. The smallest absolute Gasteiger partial charge is 0.124 e. The predicted octanol–water partition coefficient (Wildman–Crippen LogP) is 2.96. The fraction of sp³-hybridized carbons (Fsp3) is 0.647. The Morgan fingerprint density at radius 3 is 2.95 bits per heavy atom. The highest BCUT2D eigenvalue weighted by atomic mass is 16.5. The zero-order chi connectivity index (χ0) is 13.9. The fourth-order valence-corrected chi connectivity index (χ4v) is 3.44. The van der Waals surface area contributed by atoms with Crippen LogP contribution in [0.25, 0.3) is 0 Å². The van der Waals surface area contributed by atoms with E-state index in [4.69, 9.17) is 4.74 Å². The van der Waals surface area contributed by atoms with E-state index < -0.39 is 0 Å². The van der Waals surface area contributed by atoms with Crippen LogP contribution in [0.5, 0.6) is 5.75 Å². The minimum Gasteiger partial charge on any atom is -0.493 e. The Morgan fingerprint density at radius 2 is 2.15 bits per heavy atom. The second-order valence-electron chi connectivity index (χ2n) is 6.25. The van der Waals surface area contributed by atoms with Gasteiger partial charge in [-0.05, 0) is 50.2 Å². The summed E-state index contributed by atoms with van der Waals surface area (Å²) < 4.78 is 5.86. The van der Waals surface area contributed by atoms with Gasteiger partial charge >= 0.3 is 0 Å². The third kappa shape index (κ3) is 2.99. The van der Waals surface area contributed by atoms with Crippen LogP contribution < -0.4 is 10.1 Å². The highest BCUT2D eigenvalue weighted by molar-refractivity contribution is 5.39. The summed E-state index contributed by atoms with van der Waals surface area (Å²) in [6.07, 6.45) is 5.37. The van der Waals surface area contributed by atoms with Gasteiger partial charge in [0, 0.05) is 18.2 Å². The van der Waals surface area contributed by atoms with Gasteiger partial charge in [-0.15, -0.1) is 0 Å². The first-order chi connectivity index (χ1) is 9.74. The zero-order valence-corrected chi connectivity index (χ0v) is 12.3. The van der Waals surface area contributed by atoms with E-state index in [9.17, 15) is 5.11 Å². The van der Waals surface area contributed by atoms with Crippen LogP contribution in [0, 0.1) is 12.8 Å². The zero-order valence-electron chi connectivity index (χ0n) is 12.3. The second-order valence-corrected chi connectivity index (χ2v) is 6.25. The number of aliphatic hydroxyl groups excluding tert-OH is 1. The number of hydrogen-bond donors (Lipinski definition) is 2. The fourth-order valence-electron chi connectivity index (χ4n) is 3.44. The quantitative estimate of drug-likeness (QED) is 0.891. The molecule has 110 valence electrons. The first-order valence-electron chi connectivity index (χ1n) is 7.89. The van der Waals surface area contributed by atoms with E-state index in [1.165, 1.54) is 11.1 Å². The number of nitrogens with one attached hydrogen (secondary N) is 1. The molecule has 0 saturated heterocycles. The summed E-state index contributed by atoms with van der Waals surface area (Å²) in [4.78, 5) is 0. The molecule has 0 aromatic heterocycles. The normalized spacial score (nSPS) is 29.6. The van der Waals surface area contributed by atoms with Crippen molar-refractivity contribution in [2.24, 2.45) is 5.92 Å². The van der Waals surface area contributed by atoms with E-state index in [1.54, 1.807) is 0 Å². The Bertz CT molecular complexity index is 460. The van der Waals surface area contributed by atoms with Crippen molar-refractivity contribution < 1.29 is 9.84 Å². The van der Waals surface area contributed by atoms with Crippen molar-refractivity contribution in [3.05, 3.63) is 29.3 Å². The summed E-state index contributed by atoms with van der Waals surface area (Å²) in [7, 11) is 0. The summed E-state index contributed by atoms with van der Waals surface area (Å²) in [5.74, 6) is 1.46. The molecule has 0 bridgehead atoms. The lowest BCUT2D eigenvalue weighted by molar-refractivity contribution is 0.129. The summed E-state index contributed by atoms with van der Waals surface area (Å²) >= 11 is 0. The summed E-state index contributed by atoms with van der Waals surface area (Å²) in [6, 6.07) is 6.85. The van der Waals surface area contributed by atoms with Gasteiger partial charge in [0.2, 0.25) is 0 Å². The van der Waals surface area contributed by atoms with Crippen molar-refractivity contribution in [3.63, 3.8) is 0 Å². The van der Waals surface area contributed by atoms with Crippen LogP contribution >= 0.6 is 0 Å². The van der Waals surface area contributed by atoms with E-state index in [2.05, 4.69) is 30.4 Å². The molecule has 3 nitrogen and oxygen atoms in total. The molecular formula is C17H25NO2. The van der Waals surface area contributed by atoms with Gasteiger partial charge in [0.15, 0.2) is 0 Å². The number of hydrogen-bond acceptors (Lipinski definition) is 3. The Hall–Kier alpha value is -1.06. The molecule has 0 spiro atoms. The summed E-state index contributed by atoms with van der Waals surface area (Å²) in [6.45, 7) is 3.83. The second kappa shape index (κ2) is 6.15. The first-order valence-corrected chi connectivity index (χ1v) is 7.89. The number of aryl methyl sites for hydroxylation is 1. The van der Waals surface area contributed by atoms with Crippen molar-refractivity contribution in [3.8, 4) is 5.75 Å². The van der Waals surface area contributed by atoms with Gasteiger partial charge in [-0.25, -0.2) is 0 Å². The van der Waals surface area contributed by atoms with Crippen LogP contribution in [0.4, 0.5) is 0 Å². The molecule has 2 N–H and O–H groups in total. The molecule has 3 rings (SSSR count). The molecule has 3 unspecified atom stereocenters. The van der Waals surface area contributed by atoms with Crippen LogP contribution in [-0.4, -0.2) is 24.4 Å². The van der Waals surface area contributed by atoms with Crippen molar-refractivity contribution in [1.82, 2.24) is 5.32 Å². The Kier molecular flexibility index (Phi) is 4.27. The van der Waals surface area contributed by atoms with E-state index in [-0.39, 0.29) is 6.10 Å². The standard InChI is InChI=1S/C17H25NO2/c1-12-7-8-14-15(5-3-9-20-17(14)10-12)18-11-13-4-2-6-16(13)19/h7-8,10,13,15-16,18-19H,2-6,9,11H2,1H3. The minimum absolute atomic E-state index is 0.109. The topological polar surface area (TPSA) is 41.5 Å². The number of benzene rings is 1. The van der Waals surface area contributed by atoms with Gasteiger partial charge in [-0.1, -0.05) is 18.6 Å². The average Bonchev–Trinajstić information content (AvgIpc) is 2.73. The maximum atomic E-state index is 9.94. The molecule has 1 fully saturated rings. The lowest BCUT2D eigenvalue weighted by Crippen LogP contribution is -2.30. The van der Waals surface area contributed by atoms with Crippen molar-refractivity contribution in [2.45, 2.75) is 51.2 Å². The minimum atomic E-state index is -0.109. The van der Waals surface area contributed by atoms with Gasteiger partial charge in [0.05, 0.1) is 12.7 Å². The van der Waals surface area contributed by atoms with Gasteiger partial charge in [-0.3, -0.25) is 0 Å². The molecule has 1 heterocycles. The molecular weight excluding hydrogens is 250 g/mol. The van der Waals surface area contributed by atoms with E-state index in [1.807, 2.05) is 0 Å². The van der Waals surface area contributed by atoms with E-state index >= 15 is 0 Å². The van der Waals surface area contributed by atoms with Gasteiger partial charge in [0.1, 0.15) is 5.75 Å². The molecule has 3 heteroatoms. The van der Waals surface area contributed by atoms with Crippen molar-refractivity contribution >= 4 is 0 Å². The number of aliphatic hydroxyl groups is 1. The number of rotatable bonds is 3. The molecule has 1 aliphatic heterocycles. The Labute approximate surface area is 121 Å². The Balaban J connectivity index is 1.70. The summed E-state index contributed by atoms with van der Waals surface area (Å²) in [5, 5.41) is 13.6. The molecule has 1 aliphatic carbocycles. The third-order valence-electron chi connectivity index (χ3n) is 4.68. The van der Waals surface area contributed by atoms with Gasteiger partial charge in [0.25, 0.3) is 0 Å². The molecule has 0 radical (unpaired) electrons. The molecule has 1 saturated carbocycles. The molecule has 2 aliphatic rings. The van der Waals surface area contributed by atoms with Crippen LogP contribution in [0.1, 0.15) is 49.3 Å². The van der Waals surface area contributed by atoms with Crippen LogP contribution in [0.2, 0.25) is 0 Å². The molecule has 3 atom stereocenters. The number of ether oxygens (including phenoxy) is 1. The SMILES string of the molecule is Cc1ccc2c(c1)OCCCC2NCC1CCCC1O. The van der Waals surface area contributed by atoms with Crippen molar-refractivity contribution in [1.29, 1.82) is 0 Å². The molecule has 20 heavy (non-hydrogen) atoms. The van der Waals surface area contributed by atoms with Crippen LogP contribution in [0.3, 0.4) is 0 Å². The lowest BCUT2D eigenvalue weighted by Gasteiger charge is -2.22. The summed E-state index contributed by atoms with van der Waals surface area (Å²) in [5.41, 5.74) is 2.52. The van der Waals surface area contributed by atoms with Gasteiger partial charge in [-0.2, -0.15) is 0 Å². The highest BCUT2D eigenvalue weighted by Crippen LogP contribution is 2.33. The Morgan fingerprint density at radius 1 is 1.25 bits per heavy atom. The van der Waals surface area contributed by atoms with Crippen molar-refractivity contribution in [2.75, 3.05) is 13.2 Å². The van der Waals surface area contributed by atoms with Crippen LogP contribution in [0.15, 0.2) is 18.2 Å². The van der Waals surface area contributed by atoms with E-state index in [0.717, 1.165) is 51.0 Å².